The van der Waals surface area contributed by atoms with Crippen LogP contribution in [-0.2, 0) is 12.8 Å². The van der Waals surface area contributed by atoms with Crippen molar-refractivity contribution in [2.75, 3.05) is 13.2 Å². The summed E-state index contributed by atoms with van der Waals surface area (Å²) in [6, 6.07) is 31.6. The molecular formula is C35H33NO5S. The Balaban J connectivity index is 1.12. The Morgan fingerprint density at radius 3 is 2.14 bits per heavy atom. The van der Waals surface area contributed by atoms with Gasteiger partial charge in [-0.1, -0.05) is 60.7 Å². The van der Waals surface area contributed by atoms with Crippen molar-refractivity contribution < 1.29 is 24.2 Å². The summed E-state index contributed by atoms with van der Waals surface area (Å²) in [6.07, 6.45) is 4.03. The topological polar surface area (TPSA) is 76.1 Å². The Labute approximate surface area is 251 Å². The number of benzene rings is 4. The predicted molar refractivity (Wildman–Crippen MR) is 167 cm³/mol. The average Bonchev–Trinajstić information content (AvgIpc) is 3.02. The Hall–Kier alpha value is -4.49. The van der Waals surface area contributed by atoms with Crippen LogP contribution >= 0.6 is 12.2 Å². The molecule has 5 rings (SSSR count). The van der Waals surface area contributed by atoms with Crippen LogP contribution in [0.2, 0.25) is 0 Å². The number of carboxylic acid groups (broad SMARTS) is 1. The van der Waals surface area contributed by atoms with Gasteiger partial charge in [-0.25, -0.2) is 4.79 Å². The molecule has 1 fully saturated rings. The highest BCUT2D eigenvalue weighted by Crippen LogP contribution is 2.26. The maximum absolute atomic E-state index is 13.1. The number of hydrogen-bond acceptors (Lipinski definition) is 5. The third-order valence-corrected chi connectivity index (χ3v) is 7.66. The first-order valence-electron chi connectivity index (χ1n) is 14.1. The van der Waals surface area contributed by atoms with Gasteiger partial charge in [0, 0.05) is 29.8 Å². The summed E-state index contributed by atoms with van der Waals surface area (Å²) in [5, 5.41) is 9.40. The van der Waals surface area contributed by atoms with E-state index in [1.54, 1.807) is 18.2 Å². The number of ether oxygens (including phenoxy) is 2. The molecule has 6 nitrogen and oxygen atoms in total. The molecule has 1 aliphatic rings. The van der Waals surface area contributed by atoms with E-state index in [-0.39, 0.29) is 17.5 Å². The van der Waals surface area contributed by atoms with Gasteiger partial charge < -0.3 is 19.5 Å². The van der Waals surface area contributed by atoms with Gasteiger partial charge in [-0.15, -0.1) is 0 Å². The first-order valence-corrected chi connectivity index (χ1v) is 14.6. The van der Waals surface area contributed by atoms with Crippen molar-refractivity contribution in [2.24, 2.45) is 0 Å². The molecule has 1 heterocycles. The second-order valence-corrected chi connectivity index (χ2v) is 11.0. The van der Waals surface area contributed by atoms with Crippen molar-refractivity contribution in [3.8, 4) is 17.2 Å². The van der Waals surface area contributed by atoms with E-state index in [1.165, 1.54) is 0 Å². The number of carboxylic acids is 1. The molecule has 7 heteroatoms. The molecule has 214 valence electrons. The fraction of sp³-hybridized carbons (Fsp3) is 0.229. The number of carbonyl (C=O) groups excluding carboxylic acids is 1. The molecule has 1 saturated heterocycles. The summed E-state index contributed by atoms with van der Waals surface area (Å²) >= 11 is 5.56. The van der Waals surface area contributed by atoms with Gasteiger partial charge in [-0.05, 0) is 85.0 Å². The zero-order valence-electron chi connectivity index (χ0n) is 23.3. The lowest BCUT2D eigenvalue weighted by molar-refractivity contribution is 0.0528. The van der Waals surface area contributed by atoms with E-state index < -0.39 is 5.97 Å². The maximum Gasteiger partial charge on any atom is 0.335 e. The number of amides is 1. The third kappa shape index (κ3) is 7.62. The van der Waals surface area contributed by atoms with E-state index in [0.717, 1.165) is 47.5 Å². The smallest absolute Gasteiger partial charge is 0.335 e. The zero-order valence-corrected chi connectivity index (χ0v) is 24.1. The first-order chi connectivity index (χ1) is 20.5. The Bertz CT molecular complexity index is 1520. The van der Waals surface area contributed by atoms with Gasteiger partial charge in [0.05, 0.1) is 11.6 Å². The molecule has 1 N–H and O–H groups in total. The number of rotatable bonds is 11. The number of thiocarbonyl (C=S) groups is 1. The lowest BCUT2D eigenvalue weighted by Crippen LogP contribution is -2.46. The van der Waals surface area contributed by atoms with Crippen molar-refractivity contribution in [3.05, 3.63) is 125 Å². The molecule has 0 saturated carbocycles. The summed E-state index contributed by atoms with van der Waals surface area (Å²) in [7, 11) is 0. The van der Waals surface area contributed by atoms with Crippen LogP contribution in [0.3, 0.4) is 0 Å². The molecule has 1 unspecified atom stereocenters. The number of nitrogens with zero attached hydrogens (tertiary/aromatic N) is 1. The van der Waals surface area contributed by atoms with Crippen molar-refractivity contribution in [1.82, 2.24) is 4.90 Å². The minimum absolute atomic E-state index is 0.0423. The quantitative estimate of drug-likeness (QED) is 0.187. The van der Waals surface area contributed by atoms with Gasteiger partial charge in [0.25, 0.3) is 5.91 Å². The van der Waals surface area contributed by atoms with E-state index in [0.29, 0.717) is 36.5 Å². The van der Waals surface area contributed by atoms with Crippen LogP contribution in [0.4, 0.5) is 0 Å². The highest BCUT2D eigenvalue weighted by molar-refractivity contribution is 7.80. The maximum atomic E-state index is 13.1. The van der Waals surface area contributed by atoms with Gasteiger partial charge in [-0.2, -0.15) is 0 Å². The Morgan fingerprint density at radius 2 is 1.43 bits per heavy atom. The second kappa shape index (κ2) is 13.9. The second-order valence-electron chi connectivity index (χ2n) is 10.4. The molecule has 0 aliphatic carbocycles. The minimum atomic E-state index is -0.944. The van der Waals surface area contributed by atoms with Gasteiger partial charge in [0.1, 0.15) is 23.9 Å². The van der Waals surface area contributed by atoms with Crippen LogP contribution < -0.4 is 9.47 Å². The van der Waals surface area contributed by atoms with Crippen LogP contribution in [0.5, 0.6) is 17.2 Å². The van der Waals surface area contributed by atoms with E-state index >= 15 is 0 Å². The lowest BCUT2D eigenvalue weighted by Gasteiger charge is -2.35. The molecule has 42 heavy (non-hydrogen) atoms. The van der Waals surface area contributed by atoms with Crippen LogP contribution in [0.25, 0.3) is 0 Å². The summed E-state index contributed by atoms with van der Waals surface area (Å²) in [5.41, 5.74) is 2.75. The van der Waals surface area contributed by atoms with Crippen LogP contribution in [0.15, 0.2) is 103 Å². The summed E-state index contributed by atoms with van der Waals surface area (Å²) in [4.78, 5) is 27.2. The fourth-order valence-electron chi connectivity index (χ4n) is 5.18. The Kier molecular flexibility index (Phi) is 9.62. The van der Waals surface area contributed by atoms with Crippen LogP contribution in [-0.4, -0.2) is 45.9 Å². The number of aromatic carboxylic acids is 1. The Morgan fingerprint density at radius 1 is 0.786 bits per heavy atom. The lowest BCUT2D eigenvalue weighted by atomic mass is 9.99. The molecule has 4 aromatic carbocycles. The van der Waals surface area contributed by atoms with Crippen molar-refractivity contribution in [3.63, 3.8) is 0 Å². The normalized spacial score (nSPS) is 14.7. The zero-order chi connectivity index (χ0) is 29.3. The van der Waals surface area contributed by atoms with Crippen LogP contribution in [0, 0.1) is 0 Å². The van der Waals surface area contributed by atoms with Gasteiger partial charge >= 0.3 is 5.97 Å². The number of carbonyl (C=O) groups is 2. The molecule has 1 aliphatic heterocycles. The molecule has 0 bridgehead atoms. The number of piperidine rings is 1. The van der Waals surface area contributed by atoms with Gasteiger partial charge in [0.15, 0.2) is 0 Å². The van der Waals surface area contributed by atoms with Crippen molar-refractivity contribution in [2.45, 2.75) is 38.1 Å². The third-order valence-electron chi connectivity index (χ3n) is 7.37. The monoisotopic (exact) mass is 579 g/mol. The first kappa shape index (κ1) is 29.0. The highest BCUT2D eigenvalue weighted by Gasteiger charge is 2.28. The fourth-order valence-corrected chi connectivity index (χ4v) is 5.50. The highest BCUT2D eigenvalue weighted by atomic mass is 32.1. The largest absolute Gasteiger partial charge is 0.491 e. The number of hydrogen-bond donors (Lipinski definition) is 1. The minimum Gasteiger partial charge on any atom is -0.491 e. The van der Waals surface area contributed by atoms with Crippen molar-refractivity contribution >= 4 is 29.0 Å². The average molecular weight is 580 g/mol. The number of likely N-dealkylation sites (tertiary alicyclic amines) is 1. The summed E-state index contributed by atoms with van der Waals surface area (Å²) in [5.74, 6) is 1.24. The molecular weight excluding hydrogens is 546 g/mol. The van der Waals surface area contributed by atoms with Gasteiger partial charge in [-0.3, -0.25) is 4.79 Å². The SMILES string of the molecule is O=C(O)c1ccccc1CC(=S)Cc1ccc(Oc2ccc(OCC3CCCCN3C(=O)c3ccccc3)cc2)cc1. The van der Waals surface area contributed by atoms with Crippen molar-refractivity contribution in [1.29, 1.82) is 0 Å². The van der Waals surface area contributed by atoms with Crippen LogP contribution in [0.1, 0.15) is 51.1 Å². The standard InChI is InChI=1S/C35H33NO5S/c37-34(26-8-2-1-3-9-26)36-21-7-6-11-28(36)24-40-29-17-19-31(20-18-29)41-30-15-13-25(14-16-30)22-32(42)23-27-10-4-5-12-33(27)35(38)39/h1-5,8-10,12-20,28H,6-7,11,21-24H2,(H,38,39). The summed E-state index contributed by atoms with van der Waals surface area (Å²) < 4.78 is 12.1. The molecule has 1 amide bonds. The molecule has 0 radical (unpaired) electrons. The molecule has 4 aromatic rings. The molecule has 0 aromatic heterocycles. The van der Waals surface area contributed by atoms with E-state index in [1.807, 2.05) is 89.8 Å². The molecule has 0 spiro atoms. The van der Waals surface area contributed by atoms with E-state index in [4.69, 9.17) is 21.7 Å². The van der Waals surface area contributed by atoms with Gasteiger partial charge in [0.2, 0.25) is 0 Å². The molecule has 1 atom stereocenters. The summed E-state index contributed by atoms with van der Waals surface area (Å²) in [6.45, 7) is 1.20. The predicted octanol–water partition coefficient (Wildman–Crippen LogP) is 7.41. The van der Waals surface area contributed by atoms with E-state index in [2.05, 4.69) is 0 Å². The van der Waals surface area contributed by atoms with E-state index in [9.17, 15) is 14.7 Å².